The van der Waals surface area contributed by atoms with Crippen molar-refractivity contribution in [1.82, 2.24) is 5.32 Å². The molecule has 0 bridgehead atoms. The summed E-state index contributed by atoms with van der Waals surface area (Å²) in [5.74, 6) is -3.32. The molecule has 0 spiro atoms. The monoisotopic (exact) mass is 655 g/mol. The van der Waals surface area contributed by atoms with E-state index in [1.54, 1.807) is 62.4 Å². The summed E-state index contributed by atoms with van der Waals surface area (Å²) in [4.78, 5) is 54.9. The highest BCUT2D eigenvalue weighted by atomic mass is 19.4. The summed E-state index contributed by atoms with van der Waals surface area (Å²) in [5.41, 5.74) is 0.534. The average Bonchev–Trinajstić information content (AvgIpc) is 3.24. The van der Waals surface area contributed by atoms with Gasteiger partial charge in [-0.1, -0.05) is 35.9 Å². The lowest BCUT2D eigenvalue weighted by Crippen LogP contribution is -2.56. The Hall–Kier alpha value is -4.95. The topological polar surface area (TPSA) is 129 Å². The molecule has 0 aromatic heterocycles. The van der Waals surface area contributed by atoms with E-state index in [1.165, 1.54) is 29.2 Å². The predicted molar refractivity (Wildman–Crippen MR) is 170 cm³/mol. The van der Waals surface area contributed by atoms with Crippen LogP contribution in [-0.2, 0) is 29.4 Å². The Kier molecular flexibility index (Phi) is 10.9. The Balaban J connectivity index is 1.64. The summed E-state index contributed by atoms with van der Waals surface area (Å²) < 4.78 is 50.0. The zero-order valence-electron chi connectivity index (χ0n) is 26.3. The molecule has 0 saturated carbocycles. The van der Waals surface area contributed by atoms with E-state index in [1.807, 2.05) is 6.92 Å². The van der Waals surface area contributed by atoms with Crippen LogP contribution in [0.5, 0.6) is 0 Å². The van der Waals surface area contributed by atoms with Crippen LogP contribution in [0.2, 0.25) is 0 Å². The number of para-hydroxylation sites is 1. The molecule has 5 amide bonds. The van der Waals surface area contributed by atoms with Crippen LogP contribution in [-0.4, -0.2) is 63.0 Å². The summed E-state index contributed by atoms with van der Waals surface area (Å²) in [7, 11) is 0.983. The van der Waals surface area contributed by atoms with Crippen LogP contribution in [0.3, 0.4) is 0 Å². The van der Waals surface area contributed by atoms with Gasteiger partial charge in [-0.3, -0.25) is 14.4 Å². The number of fused-ring (bicyclic) bond motifs is 1. The summed E-state index contributed by atoms with van der Waals surface area (Å²) in [5, 5.41) is 8.11. The zero-order chi connectivity index (χ0) is 34.4. The van der Waals surface area contributed by atoms with Gasteiger partial charge < -0.3 is 35.2 Å². The highest BCUT2D eigenvalue weighted by molar-refractivity contribution is 6.13. The molecule has 4 rings (SSSR count). The predicted octanol–water partition coefficient (Wildman–Crippen LogP) is 5.31. The number of benzene rings is 3. The second-order valence-corrected chi connectivity index (χ2v) is 10.8. The number of hydrogen-bond donors (Lipinski definition) is 3. The molecule has 0 unspecified atom stereocenters. The van der Waals surface area contributed by atoms with Crippen molar-refractivity contribution in [2.45, 2.75) is 45.2 Å². The van der Waals surface area contributed by atoms with E-state index in [9.17, 15) is 32.3 Å². The van der Waals surface area contributed by atoms with Gasteiger partial charge in [-0.2, -0.15) is 13.2 Å². The molecule has 250 valence electrons. The Morgan fingerprint density at radius 2 is 1.47 bits per heavy atom. The normalized spacial score (nSPS) is 15.7. The molecule has 0 aliphatic carbocycles. The third kappa shape index (κ3) is 8.07. The number of halogens is 3. The molecule has 3 aromatic carbocycles. The number of rotatable bonds is 12. The number of urea groups is 1. The fraction of sp³-hybridized carbons (Fsp3) is 0.333. The largest absolute Gasteiger partial charge is 0.471 e. The number of nitrogens with one attached hydrogen (secondary N) is 3. The second kappa shape index (κ2) is 14.6. The minimum Gasteiger partial charge on any atom is -0.351 e. The maximum absolute atomic E-state index is 14.4. The number of carbonyl (C=O) groups is 4. The zero-order valence-corrected chi connectivity index (χ0v) is 26.3. The van der Waals surface area contributed by atoms with Gasteiger partial charge in [-0.25, -0.2) is 4.79 Å². The van der Waals surface area contributed by atoms with Crippen molar-refractivity contribution in [2.24, 2.45) is 0 Å². The smallest absolute Gasteiger partial charge is 0.351 e. The van der Waals surface area contributed by atoms with Crippen LogP contribution < -0.4 is 25.8 Å². The van der Waals surface area contributed by atoms with Crippen LogP contribution >= 0.6 is 0 Å². The number of anilines is 4. The lowest BCUT2D eigenvalue weighted by molar-refractivity contribution is -0.170. The maximum atomic E-state index is 14.4. The molecule has 11 nitrogen and oxygen atoms in total. The van der Waals surface area contributed by atoms with Gasteiger partial charge in [-0.15, -0.1) is 0 Å². The number of nitrogens with zero attached hydrogens (tertiary/aromatic N) is 2. The van der Waals surface area contributed by atoms with Crippen LogP contribution in [0.25, 0.3) is 0 Å². The number of amides is 5. The minimum atomic E-state index is -5.06. The van der Waals surface area contributed by atoms with E-state index in [2.05, 4.69) is 16.0 Å². The molecule has 1 aliphatic rings. The number of carbonyl (C=O) groups excluding carboxylic acids is 4. The molecule has 3 aromatic rings. The van der Waals surface area contributed by atoms with E-state index >= 15 is 0 Å². The Morgan fingerprint density at radius 3 is 2.06 bits per heavy atom. The van der Waals surface area contributed by atoms with Crippen molar-refractivity contribution in [3.8, 4) is 0 Å². The summed E-state index contributed by atoms with van der Waals surface area (Å²) in [6, 6.07) is 18.1. The molecule has 47 heavy (non-hydrogen) atoms. The first kappa shape index (κ1) is 34.9. The van der Waals surface area contributed by atoms with E-state index in [0.717, 1.165) is 12.6 Å². The third-order valence-electron chi connectivity index (χ3n) is 7.45. The van der Waals surface area contributed by atoms with Crippen LogP contribution in [0, 0.1) is 6.92 Å². The number of hydrogen-bond acceptors (Lipinski definition) is 6. The van der Waals surface area contributed by atoms with Crippen molar-refractivity contribution >= 4 is 46.5 Å². The van der Waals surface area contributed by atoms with Gasteiger partial charge in [-0.05, 0) is 63.2 Å². The molecule has 0 radical (unpaired) electrons. The number of ether oxygens (including phenoxy) is 2. The van der Waals surface area contributed by atoms with Crippen molar-refractivity contribution in [3.05, 3.63) is 83.9 Å². The molecule has 0 saturated heterocycles. The first-order valence-corrected chi connectivity index (χ1v) is 14.8. The van der Waals surface area contributed by atoms with Crippen molar-refractivity contribution in [1.29, 1.82) is 0 Å². The lowest BCUT2D eigenvalue weighted by Gasteiger charge is -2.30. The van der Waals surface area contributed by atoms with Crippen molar-refractivity contribution in [2.75, 3.05) is 47.2 Å². The van der Waals surface area contributed by atoms with Crippen molar-refractivity contribution < 1.29 is 41.8 Å². The first-order chi connectivity index (χ1) is 22.3. The number of aryl methyl sites for hydroxylation is 1. The molecule has 3 N–H and O–H groups in total. The lowest BCUT2D eigenvalue weighted by atomic mass is 9.87. The van der Waals surface area contributed by atoms with Gasteiger partial charge in [0, 0.05) is 42.9 Å². The molecule has 1 heterocycles. The standard InChI is InChI=1S/C33H36F3N5O6/c1-5-46-28(47-6-2)20-41-26-10-8-7-9-25(26)32(29(41)43,39-31(45)38-23-13-11-21(3)12-14-23)19-27(42)37-22-15-17-24(18-16-22)40(4)30(44)33(34,35)36/h7-18,28H,5-6,19-20H2,1-4H3,(H,37,42)(H2,38,39,45)/t32-/m0/s1. The van der Waals surface area contributed by atoms with E-state index in [4.69, 9.17) is 9.47 Å². The maximum Gasteiger partial charge on any atom is 0.471 e. The van der Waals surface area contributed by atoms with Gasteiger partial charge in [0.05, 0.1) is 18.7 Å². The van der Waals surface area contributed by atoms with Gasteiger partial charge in [0.2, 0.25) is 5.91 Å². The number of alkyl halides is 3. The van der Waals surface area contributed by atoms with Gasteiger partial charge in [0.25, 0.3) is 5.91 Å². The summed E-state index contributed by atoms with van der Waals surface area (Å²) in [6.07, 6.45) is -6.38. The molecular formula is C33H36F3N5O6. The fourth-order valence-corrected chi connectivity index (χ4v) is 5.23. The van der Waals surface area contributed by atoms with Gasteiger partial charge in [0.1, 0.15) is 0 Å². The summed E-state index contributed by atoms with van der Waals surface area (Å²) >= 11 is 0. The molecule has 0 fully saturated rings. The van der Waals surface area contributed by atoms with Gasteiger partial charge in [0.15, 0.2) is 11.8 Å². The fourth-order valence-electron chi connectivity index (χ4n) is 5.23. The molecule has 1 aliphatic heterocycles. The average molecular weight is 656 g/mol. The van der Waals surface area contributed by atoms with Crippen molar-refractivity contribution in [3.63, 3.8) is 0 Å². The van der Waals surface area contributed by atoms with E-state index in [-0.39, 0.29) is 17.9 Å². The van der Waals surface area contributed by atoms with Crippen LogP contribution in [0.4, 0.5) is 40.7 Å². The van der Waals surface area contributed by atoms with Gasteiger partial charge >= 0.3 is 18.1 Å². The molecule has 1 atom stereocenters. The second-order valence-electron chi connectivity index (χ2n) is 10.8. The molecule has 14 heteroatoms. The highest BCUT2D eigenvalue weighted by Gasteiger charge is 2.53. The molecular weight excluding hydrogens is 619 g/mol. The Bertz CT molecular complexity index is 1590. The minimum absolute atomic E-state index is 0.0201. The van der Waals surface area contributed by atoms with Crippen LogP contribution in [0.15, 0.2) is 72.8 Å². The van der Waals surface area contributed by atoms with E-state index in [0.29, 0.717) is 35.1 Å². The first-order valence-electron chi connectivity index (χ1n) is 14.8. The van der Waals surface area contributed by atoms with Crippen LogP contribution in [0.1, 0.15) is 31.4 Å². The summed E-state index contributed by atoms with van der Waals surface area (Å²) in [6.45, 7) is 6.09. The highest BCUT2D eigenvalue weighted by Crippen LogP contribution is 2.43. The Labute approximate surface area is 270 Å². The third-order valence-corrected chi connectivity index (χ3v) is 7.45. The van der Waals surface area contributed by atoms with E-state index < -0.39 is 48.2 Å². The quantitative estimate of drug-likeness (QED) is 0.227. The SMILES string of the molecule is CCOC(CN1C(=O)[C@@](CC(=O)Nc2ccc(N(C)C(=O)C(F)(F)F)cc2)(NC(=O)Nc2ccc(C)cc2)c2ccccc21)OCC. The Morgan fingerprint density at radius 1 is 0.894 bits per heavy atom.